The maximum absolute atomic E-state index is 13.4. The van der Waals surface area contributed by atoms with E-state index in [2.05, 4.69) is 25.5 Å². The summed E-state index contributed by atoms with van der Waals surface area (Å²) in [5, 5.41) is 10.9. The Kier molecular flexibility index (Phi) is 2.63. The Morgan fingerprint density at radius 2 is 2.10 bits per heavy atom. The molecule has 2 heterocycles. The van der Waals surface area contributed by atoms with Crippen LogP contribution in [0.5, 0.6) is 0 Å². The Labute approximate surface area is 120 Å². The quantitative estimate of drug-likeness (QED) is 0.773. The third-order valence-corrected chi connectivity index (χ3v) is 3.59. The fraction of sp³-hybridized carbons (Fsp3) is 0.267. The van der Waals surface area contributed by atoms with Crippen molar-refractivity contribution >= 4 is 22.5 Å². The minimum Gasteiger partial charge on any atom is -0.323 e. The Morgan fingerprint density at radius 1 is 1.24 bits per heavy atom. The first-order valence-corrected chi connectivity index (χ1v) is 6.95. The highest BCUT2D eigenvalue weighted by Gasteiger charge is 2.27. The lowest BCUT2D eigenvalue weighted by molar-refractivity contribution is 0.630. The fourth-order valence-corrected chi connectivity index (χ4v) is 2.38. The average Bonchev–Trinajstić information content (AvgIpc) is 3.23. The molecule has 1 aromatic carbocycles. The number of nitrogens with zero attached hydrogens (tertiary/aromatic N) is 3. The van der Waals surface area contributed by atoms with Crippen LogP contribution in [0.3, 0.4) is 0 Å². The van der Waals surface area contributed by atoms with Crippen LogP contribution in [0, 0.1) is 12.7 Å². The van der Waals surface area contributed by atoms with Crippen molar-refractivity contribution in [2.75, 3.05) is 5.32 Å². The van der Waals surface area contributed by atoms with Gasteiger partial charge in [0.25, 0.3) is 0 Å². The molecule has 1 saturated carbocycles. The van der Waals surface area contributed by atoms with Crippen LogP contribution in [-0.4, -0.2) is 20.2 Å². The molecule has 1 aliphatic rings. The van der Waals surface area contributed by atoms with E-state index < -0.39 is 0 Å². The highest BCUT2D eigenvalue weighted by molar-refractivity contribution is 5.91. The highest BCUT2D eigenvalue weighted by atomic mass is 19.1. The summed E-state index contributed by atoms with van der Waals surface area (Å²) in [7, 11) is 0. The fourth-order valence-electron chi connectivity index (χ4n) is 2.38. The zero-order valence-electron chi connectivity index (χ0n) is 11.5. The highest BCUT2D eigenvalue weighted by Crippen LogP contribution is 2.38. The van der Waals surface area contributed by atoms with Gasteiger partial charge in [0.05, 0.1) is 5.52 Å². The predicted octanol–water partition coefficient (Wildman–Crippen LogP) is 3.42. The van der Waals surface area contributed by atoms with Crippen molar-refractivity contribution in [2.45, 2.75) is 25.7 Å². The number of H-pyrrole nitrogens is 1. The largest absolute Gasteiger partial charge is 0.323 e. The first-order chi connectivity index (χ1) is 10.2. The van der Waals surface area contributed by atoms with Gasteiger partial charge in [-0.15, -0.1) is 0 Å². The first kappa shape index (κ1) is 12.3. The topological polar surface area (TPSA) is 66.5 Å². The smallest absolute Gasteiger partial charge is 0.161 e. The van der Waals surface area contributed by atoms with Gasteiger partial charge in [0.2, 0.25) is 0 Å². The number of aromatic nitrogens is 4. The second kappa shape index (κ2) is 4.51. The summed E-state index contributed by atoms with van der Waals surface area (Å²) in [6.07, 6.45) is 2.30. The summed E-state index contributed by atoms with van der Waals surface area (Å²) in [5.74, 6) is 2.35. The van der Waals surface area contributed by atoms with Crippen LogP contribution in [0.15, 0.2) is 24.3 Å². The van der Waals surface area contributed by atoms with Gasteiger partial charge in [-0.25, -0.2) is 14.4 Å². The van der Waals surface area contributed by atoms with Gasteiger partial charge in [0, 0.05) is 23.1 Å². The number of benzene rings is 1. The lowest BCUT2D eigenvalue weighted by atomic mass is 10.2. The van der Waals surface area contributed by atoms with E-state index in [1.165, 1.54) is 12.1 Å². The van der Waals surface area contributed by atoms with E-state index >= 15 is 0 Å². The Morgan fingerprint density at radius 3 is 2.90 bits per heavy atom. The van der Waals surface area contributed by atoms with Gasteiger partial charge in [0.15, 0.2) is 5.82 Å². The third kappa shape index (κ3) is 2.33. The third-order valence-electron chi connectivity index (χ3n) is 3.59. The van der Waals surface area contributed by atoms with Gasteiger partial charge < -0.3 is 5.32 Å². The number of halogens is 1. The molecular formula is C15H14FN5. The molecule has 2 N–H and O–H groups in total. The number of hydrogen-bond donors (Lipinski definition) is 2. The first-order valence-electron chi connectivity index (χ1n) is 6.95. The molecule has 4 rings (SSSR count). The van der Waals surface area contributed by atoms with Crippen LogP contribution in [0.1, 0.15) is 30.3 Å². The van der Waals surface area contributed by atoms with E-state index in [0.29, 0.717) is 22.9 Å². The van der Waals surface area contributed by atoms with E-state index in [1.54, 1.807) is 6.07 Å². The summed E-state index contributed by atoms with van der Waals surface area (Å²) in [6.45, 7) is 1.95. The molecule has 0 spiro atoms. The predicted molar refractivity (Wildman–Crippen MR) is 78.1 cm³/mol. The molecule has 0 amide bonds. The van der Waals surface area contributed by atoms with E-state index in [4.69, 9.17) is 0 Å². The summed E-state index contributed by atoms with van der Waals surface area (Å²) < 4.78 is 13.4. The summed E-state index contributed by atoms with van der Waals surface area (Å²) in [5.41, 5.74) is 1.70. The van der Waals surface area contributed by atoms with Crippen molar-refractivity contribution in [3.8, 4) is 0 Å². The second-order valence-electron chi connectivity index (χ2n) is 5.41. The number of nitrogens with one attached hydrogen (secondary N) is 2. The lowest BCUT2D eigenvalue weighted by Gasteiger charge is -2.06. The van der Waals surface area contributed by atoms with Crippen LogP contribution in [0.2, 0.25) is 0 Å². The molecule has 0 atom stereocenters. The van der Waals surface area contributed by atoms with Crippen LogP contribution >= 0.6 is 0 Å². The molecule has 0 radical (unpaired) electrons. The lowest BCUT2D eigenvalue weighted by Crippen LogP contribution is -2.01. The molecule has 5 nitrogen and oxygen atoms in total. The van der Waals surface area contributed by atoms with Gasteiger partial charge in [-0.3, -0.25) is 5.10 Å². The van der Waals surface area contributed by atoms with Crippen LogP contribution < -0.4 is 5.32 Å². The molecule has 0 unspecified atom stereocenters. The van der Waals surface area contributed by atoms with Gasteiger partial charge in [-0.2, -0.15) is 5.10 Å². The maximum Gasteiger partial charge on any atom is 0.161 e. The van der Waals surface area contributed by atoms with E-state index in [9.17, 15) is 4.39 Å². The van der Waals surface area contributed by atoms with Gasteiger partial charge in [-0.1, -0.05) is 0 Å². The van der Waals surface area contributed by atoms with Crippen molar-refractivity contribution in [2.24, 2.45) is 0 Å². The van der Waals surface area contributed by atoms with Crippen LogP contribution in [-0.2, 0) is 0 Å². The molecule has 106 valence electrons. The van der Waals surface area contributed by atoms with E-state index in [1.807, 2.05) is 13.0 Å². The molecule has 0 saturated heterocycles. The zero-order valence-corrected chi connectivity index (χ0v) is 11.5. The monoisotopic (exact) mass is 283 g/mol. The number of fused-ring (bicyclic) bond motifs is 1. The zero-order chi connectivity index (χ0) is 14.4. The standard InChI is InChI=1S/C15H14FN5/c1-8-6-13(18-14(17-8)9-2-3-9)19-15-11-7-10(16)4-5-12(11)20-21-15/h4-7,9H,2-3H2,1H3,(H2,17,18,19,20,21). The number of hydrogen-bond acceptors (Lipinski definition) is 4. The number of rotatable bonds is 3. The van der Waals surface area contributed by atoms with Crippen LogP contribution in [0.25, 0.3) is 10.9 Å². The van der Waals surface area contributed by atoms with Crippen molar-refractivity contribution < 1.29 is 4.39 Å². The van der Waals surface area contributed by atoms with Crippen molar-refractivity contribution in [3.05, 3.63) is 41.6 Å². The molecule has 21 heavy (non-hydrogen) atoms. The SMILES string of the molecule is Cc1cc(Nc2n[nH]c3ccc(F)cc23)nc(C2CC2)n1. The van der Waals surface area contributed by atoms with E-state index in [-0.39, 0.29) is 5.82 Å². The van der Waals surface area contributed by atoms with Crippen molar-refractivity contribution in [3.63, 3.8) is 0 Å². The second-order valence-corrected chi connectivity index (χ2v) is 5.41. The van der Waals surface area contributed by atoms with Crippen molar-refractivity contribution in [1.29, 1.82) is 0 Å². The molecule has 2 aromatic heterocycles. The molecule has 1 aliphatic carbocycles. The molecular weight excluding hydrogens is 269 g/mol. The molecule has 3 aromatic rings. The van der Waals surface area contributed by atoms with Crippen LogP contribution in [0.4, 0.5) is 16.0 Å². The van der Waals surface area contributed by atoms with Gasteiger partial charge in [0.1, 0.15) is 17.5 Å². The Bertz CT molecular complexity index is 822. The summed E-state index contributed by atoms with van der Waals surface area (Å²) in [6, 6.07) is 6.40. The number of anilines is 2. The Hall–Kier alpha value is -2.50. The molecule has 1 fully saturated rings. The minimum atomic E-state index is -0.288. The minimum absolute atomic E-state index is 0.288. The normalized spacial score (nSPS) is 14.6. The molecule has 0 aliphatic heterocycles. The van der Waals surface area contributed by atoms with E-state index in [0.717, 1.165) is 29.9 Å². The average molecular weight is 283 g/mol. The summed E-state index contributed by atoms with van der Waals surface area (Å²) in [4.78, 5) is 8.99. The molecule has 6 heteroatoms. The van der Waals surface area contributed by atoms with Gasteiger partial charge in [-0.05, 0) is 38.0 Å². The van der Waals surface area contributed by atoms with Crippen molar-refractivity contribution in [1.82, 2.24) is 20.2 Å². The number of aromatic amines is 1. The summed E-state index contributed by atoms with van der Waals surface area (Å²) >= 11 is 0. The number of aryl methyl sites for hydroxylation is 1. The molecule has 0 bridgehead atoms. The Balaban J connectivity index is 1.72. The maximum atomic E-state index is 13.4. The van der Waals surface area contributed by atoms with Gasteiger partial charge >= 0.3 is 0 Å².